The molecular formula is C29H37N5O4. The molecule has 2 heterocycles. The van der Waals surface area contributed by atoms with Gasteiger partial charge in [0.15, 0.2) is 0 Å². The zero-order valence-corrected chi connectivity index (χ0v) is 22.1. The summed E-state index contributed by atoms with van der Waals surface area (Å²) in [5, 5.41) is 11.6. The molecule has 2 atom stereocenters. The predicted molar refractivity (Wildman–Crippen MR) is 144 cm³/mol. The summed E-state index contributed by atoms with van der Waals surface area (Å²) >= 11 is 0. The molecule has 1 saturated heterocycles. The van der Waals surface area contributed by atoms with Crippen molar-refractivity contribution >= 4 is 22.8 Å². The lowest BCUT2D eigenvalue weighted by molar-refractivity contribution is -0.145. The molecule has 1 aliphatic heterocycles. The minimum Gasteiger partial charge on any atom is -0.494 e. The molecule has 3 aromatic rings. The first-order chi connectivity index (χ1) is 18.6. The highest BCUT2D eigenvalue weighted by atomic mass is 16.5. The molecule has 2 fully saturated rings. The quantitative estimate of drug-likeness (QED) is 0.434. The van der Waals surface area contributed by atoms with Crippen LogP contribution in [-0.2, 0) is 20.9 Å². The second kappa shape index (κ2) is 12.4. The number of carbonyl (C=O) groups is 2. The van der Waals surface area contributed by atoms with E-state index in [4.69, 9.17) is 9.47 Å². The zero-order chi connectivity index (χ0) is 26.3. The lowest BCUT2D eigenvalue weighted by Crippen LogP contribution is -2.51. The van der Waals surface area contributed by atoms with Crippen LogP contribution in [0.25, 0.3) is 11.0 Å². The van der Waals surface area contributed by atoms with Gasteiger partial charge in [-0.3, -0.25) is 9.59 Å². The van der Waals surface area contributed by atoms with Crippen LogP contribution in [0.4, 0.5) is 0 Å². The van der Waals surface area contributed by atoms with E-state index in [1.54, 1.807) is 4.68 Å². The lowest BCUT2D eigenvalue weighted by atomic mass is 9.91. The molecule has 9 heteroatoms. The molecule has 2 amide bonds. The molecule has 0 unspecified atom stereocenters. The molecule has 9 nitrogen and oxygen atoms in total. The molecule has 0 radical (unpaired) electrons. The Labute approximate surface area is 223 Å². The van der Waals surface area contributed by atoms with E-state index in [2.05, 4.69) is 15.6 Å². The summed E-state index contributed by atoms with van der Waals surface area (Å²) in [5.41, 5.74) is 2.30. The number of ether oxygens (including phenoxy) is 2. The molecule has 2 aromatic carbocycles. The standard InChI is InChI=1S/C29H37N5O4/c1-2-37-23-16-14-21(15-17-23)28(29(36)30-19-24-11-8-18-38-24)34(22-9-4-3-5-10-22)27(35)20-33-26-13-7-6-12-25(26)31-32-33/h6-7,12-17,22,24,28H,2-5,8-11,18-20H2,1H3,(H,30,36)/t24-,28-/m0/s1. The van der Waals surface area contributed by atoms with E-state index in [9.17, 15) is 9.59 Å². The number of nitrogens with one attached hydrogen (secondary N) is 1. The Bertz CT molecular complexity index is 1220. The Morgan fingerprint density at radius 3 is 2.61 bits per heavy atom. The molecular weight excluding hydrogens is 482 g/mol. The molecule has 5 rings (SSSR count). The molecule has 0 bridgehead atoms. The SMILES string of the molecule is CCOc1ccc([C@@H](C(=O)NC[C@@H]2CCCO2)N(C(=O)Cn2nnc3ccccc32)C2CCCCC2)cc1. The van der Waals surface area contributed by atoms with Gasteiger partial charge in [-0.25, -0.2) is 4.68 Å². The monoisotopic (exact) mass is 519 g/mol. The number of amides is 2. The summed E-state index contributed by atoms with van der Waals surface area (Å²) in [5.74, 6) is 0.408. The highest BCUT2D eigenvalue weighted by molar-refractivity contribution is 5.89. The van der Waals surface area contributed by atoms with Gasteiger partial charge in [-0.1, -0.05) is 48.7 Å². The van der Waals surface area contributed by atoms with Crippen molar-refractivity contribution in [1.82, 2.24) is 25.2 Å². The number of carbonyl (C=O) groups excluding carboxylic acids is 2. The largest absolute Gasteiger partial charge is 0.494 e. The maximum absolute atomic E-state index is 14.1. The average molecular weight is 520 g/mol. The van der Waals surface area contributed by atoms with Crippen LogP contribution < -0.4 is 10.1 Å². The fraction of sp³-hybridized carbons (Fsp3) is 0.517. The molecule has 0 spiro atoms. The van der Waals surface area contributed by atoms with Crippen LogP contribution in [0.15, 0.2) is 48.5 Å². The fourth-order valence-corrected chi connectivity index (χ4v) is 5.63. The molecule has 2 aliphatic rings. The van der Waals surface area contributed by atoms with Crippen molar-refractivity contribution in [3.8, 4) is 5.75 Å². The van der Waals surface area contributed by atoms with Crippen molar-refractivity contribution < 1.29 is 19.1 Å². The van der Waals surface area contributed by atoms with Crippen molar-refractivity contribution in [3.05, 3.63) is 54.1 Å². The van der Waals surface area contributed by atoms with Crippen molar-refractivity contribution in [2.24, 2.45) is 0 Å². The first-order valence-electron chi connectivity index (χ1n) is 13.9. The Balaban J connectivity index is 1.47. The summed E-state index contributed by atoms with van der Waals surface area (Å²) in [6.07, 6.45) is 6.90. The number of fused-ring (bicyclic) bond motifs is 1. The van der Waals surface area contributed by atoms with Gasteiger partial charge in [0.25, 0.3) is 0 Å². The van der Waals surface area contributed by atoms with Crippen LogP contribution in [0.3, 0.4) is 0 Å². The van der Waals surface area contributed by atoms with Crippen LogP contribution in [0, 0.1) is 0 Å². The van der Waals surface area contributed by atoms with Crippen LogP contribution in [-0.4, -0.2) is 63.6 Å². The molecule has 1 saturated carbocycles. The Morgan fingerprint density at radius 1 is 1.08 bits per heavy atom. The van der Waals surface area contributed by atoms with Gasteiger partial charge in [-0.05, 0) is 62.4 Å². The summed E-state index contributed by atoms with van der Waals surface area (Å²) < 4.78 is 13.0. The summed E-state index contributed by atoms with van der Waals surface area (Å²) in [6.45, 7) is 3.67. The van der Waals surface area contributed by atoms with Crippen molar-refractivity contribution in [2.45, 2.75) is 76.6 Å². The van der Waals surface area contributed by atoms with E-state index in [1.165, 1.54) is 0 Å². The Hall–Kier alpha value is -3.46. The Morgan fingerprint density at radius 2 is 1.87 bits per heavy atom. The van der Waals surface area contributed by atoms with Crippen molar-refractivity contribution in [2.75, 3.05) is 19.8 Å². The van der Waals surface area contributed by atoms with Gasteiger partial charge in [0, 0.05) is 19.2 Å². The highest BCUT2D eigenvalue weighted by Gasteiger charge is 2.37. The van der Waals surface area contributed by atoms with E-state index in [0.29, 0.717) is 13.2 Å². The van der Waals surface area contributed by atoms with E-state index >= 15 is 0 Å². The van der Waals surface area contributed by atoms with Crippen molar-refractivity contribution in [1.29, 1.82) is 0 Å². The maximum Gasteiger partial charge on any atom is 0.247 e. The summed E-state index contributed by atoms with van der Waals surface area (Å²) in [7, 11) is 0. The molecule has 1 aromatic heterocycles. The van der Waals surface area contributed by atoms with Crippen LogP contribution in [0.5, 0.6) is 5.75 Å². The van der Waals surface area contributed by atoms with E-state index in [-0.39, 0.29) is 30.5 Å². The second-order valence-corrected chi connectivity index (χ2v) is 10.1. The predicted octanol–water partition coefficient (Wildman–Crippen LogP) is 4.03. The third-order valence-electron chi connectivity index (χ3n) is 7.52. The average Bonchev–Trinajstić information content (AvgIpc) is 3.62. The zero-order valence-electron chi connectivity index (χ0n) is 22.1. The number of hydrogen-bond acceptors (Lipinski definition) is 6. The van der Waals surface area contributed by atoms with Gasteiger partial charge in [-0.15, -0.1) is 5.10 Å². The third kappa shape index (κ3) is 5.99. The first-order valence-corrected chi connectivity index (χ1v) is 13.9. The molecule has 1 aliphatic carbocycles. The topological polar surface area (TPSA) is 98.6 Å². The minimum atomic E-state index is -0.766. The lowest BCUT2D eigenvalue weighted by Gasteiger charge is -2.39. The van der Waals surface area contributed by atoms with Crippen LogP contribution >= 0.6 is 0 Å². The van der Waals surface area contributed by atoms with E-state index < -0.39 is 6.04 Å². The van der Waals surface area contributed by atoms with Gasteiger partial charge in [-0.2, -0.15) is 0 Å². The maximum atomic E-state index is 14.1. The van der Waals surface area contributed by atoms with Crippen molar-refractivity contribution in [3.63, 3.8) is 0 Å². The number of rotatable bonds is 10. The number of para-hydroxylation sites is 1. The van der Waals surface area contributed by atoms with Gasteiger partial charge in [0.2, 0.25) is 11.8 Å². The van der Waals surface area contributed by atoms with Gasteiger partial charge in [0.1, 0.15) is 23.9 Å². The van der Waals surface area contributed by atoms with Gasteiger partial charge in [0.05, 0.1) is 18.2 Å². The van der Waals surface area contributed by atoms with Gasteiger partial charge < -0.3 is 19.7 Å². The second-order valence-electron chi connectivity index (χ2n) is 10.1. The third-order valence-corrected chi connectivity index (χ3v) is 7.52. The summed E-state index contributed by atoms with van der Waals surface area (Å²) in [6, 6.07) is 14.3. The molecule has 38 heavy (non-hydrogen) atoms. The first kappa shape index (κ1) is 26.2. The van der Waals surface area contributed by atoms with E-state index in [0.717, 1.165) is 73.9 Å². The van der Waals surface area contributed by atoms with Crippen LogP contribution in [0.2, 0.25) is 0 Å². The number of nitrogens with zero attached hydrogens (tertiary/aromatic N) is 4. The highest BCUT2D eigenvalue weighted by Crippen LogP contribution is 2.32. The smallest absolute Gasteiger partial charge is 0.247 e. The Kier molecular flexibility index (Phi) is 8.53. The molecule has 1 N–H and O–H groups in total. The van der Waals surface area contributed by atoms with E-state index in [1.807, 2.05) is 60.4 Å². The normalized spacial score (nSPS) is 18.8. The van der Waals surface area contributed by atoms with Crippen LogP contribution in [0.1, 0.15) is 63.5 Å². The molecule has 202 valence electrons. The number of hydrogen-bond donors (Lipinski definition) is 1. The summed E-state index contributed by atoms with van der Waals surface area (Å²) in [4.78, 5) is 29.8. The number of aromatic nitrogens is 3. The number of benzene rings is 2. The fourth-order valence-electron chi connectivity index (χ4n) is 5.63. The minimum absolute atomic E-state index is 0.0141. The van der Waals surface area contributed by atoms with Gasteiger partial charge >= 0.3 is 0 Å².